The van der Waals surface area contributed by atoms with E-state index in [1.807, 2.05) is 85.1 Å². The van der Waals surface area contributed by atoms with Crippen LogP contribution >= 0.6 is 11.3 Å². The summed E-state index contributed by atoms with van der Waals surface area (Å²) in [5, 5.41) is 3.04. The summed E-state index contributed by atoms with van der Waals surface area (Å²) < 4.78 is 2.88. The molecule has 0 aliphatic carbocycles. The van der Waals surface area contributed by atoms with Gasteiger partial charge in [-0.05, 0) is 43.2 Å². The van der Waals surface area contributed by atoms with Crippen LogP contribution in [0.4, 0.5) is 0 Å². The number of hydrogen-bond acceptors (Lipinski definition) is 3. The molecule has 1 aromatic heterocycles. The van der Waals surface area contributed by atoms with Gasteiger partial charge in [0.1, 0.15) is 6.04 Å². The van der Waals surface area contributed by atoms with E-state index < -0.39 is 6.04 Å². The molecule has 162 valence electrons. The molecular formula is C26H25N3O2S. The Morgan fingerprint density at radius 2 is 1.66 bits per heavy atom. The Hall–Kier alpha value is -3.51. The minimum Gasteiger partial charge on any atom is -0.350 e. The number of aryl methyl sites for hydroxylation is 1. The fraction of sp³-hybridized carbons (Fsp3) is 0.192. The SMILES string of the molecule is CCC(C(=O)NCc1ccccc1)n1c(=NC(=O)c2ccc(C)cc2)sc2ccccc21. The third-order valence-electron chi connectivity index (χ3n) is 5.34. The van der Waals surface area contributed by atoms with Crippen molar-refractivity contribution in [2.75, 3.05) is 0 Å². The maximum absolute atomic E-state index is 13.2. The Morgan fingerprint density at radius 1 is 0.969 bits per heavy atom. The van der Waals surface area contributed by atoms with Crippen molar-refractivity contribution in [1.29, 1.82) is 0 Å². The van der Waals surface area contributed by atoms with Crippen LogP contribution in [0.15, 0.2) is 83.9 Å². The topological polar surface area (TPSA) is 63.5 Å². The predicted octanol–water partition coefficient (Wildman–Crippen LogP) is 5.02. The quantitative estimate of drug-likeness (QED) is 0.455. The summed E-state index contributed by atoms with van der Waals surface area (Å²) in [6.45, 7) is 4.40. The van der Waals surface area contributed by atoms with Crippen molar-refractivity contribution < 1.29 is 9.59 Å². The summed E-state index contributed by atoms with van der Waals surface area (Å²) >= 11 is 1.42. The van der Waals surface area contributed by atoms with Gasteiger partial charge in [-0.2, -0.15) is 4.99 Å². The first-order valence-electron chi connectivity index (χ1n) is 10.6. The largest absolute Gasteiger partial charge is 0.350 e. The number of rotatable bonds is 6. The number of amides is 2. The molecule has 4 aromatic rings. The molecule has 0 aliphatic heterocycles. The zero-order chi connectivity index (χ0) is 22.5. The molecule has 3 aromatic carbocycles. The Morgan fingerprint density at radius 3 is 2.38 bits per heavy atom. The number of thiazole rings is 1. The molecule has 1 heterocycles. The molecule has 0 saturated heterocycles. The van der Waals surface area contributed by atoms with Crippen LogP contribution in [0.1, 0.15) is 40.9 Å². The van der Waals surface area contributed by atoms with Gasteiger partial charge in [-0.3, -0.25) is 9.59 Å². The second-order valence-corrected chi connectivity index (χ2v) is 8.64. The number of carbonyl (C=O) groups excluding carboxylic acids is 2. The second kappa shape index (κ2) is 9.75. The molecule has 2 amide bonds. The van der Waals surface area contributed by atoms with Crippen molar-refractivity contribution in [3.05, 3.63) is 100 Å². The highest BCUT2D eigenvalue weighted by Gasteiger charge is 2.22. The van der Waals surface area contributed by atoms with E-state index in [4.69, 9.17) is 0 Å². The first kappa shape index (κ1) is 21.7. The van der Waals surface area contributed by atoms with Crippen LogP contribution < -0.4 is 10.1 Å². The Bertz CT molecular complexity index is 1300. The maximum atomic E-state index is 13.2. The summed E-state index contributed by atoms with van der Waals surface area (Å²) in [6.07, 6.45) is 0.577. The molecule has 0 bridgehead atoms. The molecule has 0 spiro atoms. The number of hydrogen-bond donors (Lipinski definition) is 1. The Kier molecular flexibility index (Phi) is 6.61. The molecule has 1 N–H and O–H groups in total. The van der Waals surface area contributed by atoms with Crippen LogP contribution in [0.5, 0.6) is 0 Å². The van der Waals surface area contributed by atoms with Crippen LogP contribution in [0.3, 0.4) is 0 Å². The first-order valence-corrected chi connectivity index (χ1v) is 11.5. The zero-order valence-electron chi connectivity index (χ0n) is 18.1. The van der Waals surface area contributed by atoms with E-state index >= 15 is 0 Å². The van der Waals surface area contributed by atoms with Crippen LogP contribution in [0, 0.1) is 6.92 Å². The summed E-state index contributed by atoms with van der Waals surface area (Å²) in [7, 11) is 0. The van der Waals surface area contributed by atoms with Crippen molar-refractivity contribution in [3.63, 3.8) is 0 Å². The number of para-hydroxylation sites is 1. The number of aromatic nitrogens is 1. The molecule has 4 rings (SSSR count). The van der Waals surface area contributed by atoms with E-state index in [9.17, 15) is 9.59 Å². The molecule has 5 nitrogen and oxygen atoms in total. The van der Waals surface area contributed by atoms with Crippen molar-refractivity contribution in [1.82, 2.24) is 9.88 Å². The number of benzene rings is 3. The van der Waals surface area contributed by atoms with Gasteiger partial charge in [0.25, 0.3) is 5.91 Å². The van der Waals surface area contributed by atoms with E-state index in [1.54, 1.807) is 12.1 Å². The molecule has 1 unspecified atom stereocenters. The van der Waals surface area contributed by atoms with E-state index in [1.165, 1.54) is 11.3 Å². The average molecular weight is 444 g/mol. The summed E-state index contributed by atoms with van der Waals surface area (Å²) in [4.78, 5) is 31.0. The normalized spacial score (nSPS) is 12.6. The highest BCUT2D eigenvalue weighted by Crippen LogP contribution is 2.23. The standard InChI is InChI=1S/C26H25N3O2S/c1-3-21(25(31)27-17-19-9-5-4-6-10-19)29-22-11-7-8-12-23(22)32-26(29)28-24(30)20-15-13-18(2)14-16-20/h4-16,21H,3,17H2,1-2H3,(H,27,31). The first-order chi connectivity index (χ1) is 15.6. The molecule has 0 fully saturated rings. The molecule has 1 atom stereocenters. The lowest BCUT2D eigenvalue weighted by Crippen LogP contribution is -2.35. The van der Waals surface area contributed by atoms with Gasteiger partial charge >= 0.3 is 0 Å². The number of nitrogens with one attached hydrogen (secondary N) is 1. The molecular weight excluding hydrogens is 418 g/mol. The fourth-order valence-corrected chi connectivity index (χ4v) is 4.67. The van der Waals surface area contributed by atoms with Crippen molar-refractivity contribution >= 4 is 33.4 Å². The molecule has 32 heavy (non-hydrogen) atoms. The van der Waals surface area contributed by atoms with Gasteiger partial charge in [0.2, 0.25) is 5.91 Å². The van der Waals surface area contributed by atoms with E-state index in [-0.39, 0.29) is 11.8 Å². The number of carbonyl (C=O) groups is 2. The fourth-order valence-electron chi connectivity index (χ4n) is 3.61. The monoisotopic (exact) mass is 443 g/mol. The molecule has 0 saturated carbocycles. The van der Waals surface area contributed by atoms with Gasteiger partial charge in [0.15, 0.2) is 4.80 Å². The van der Waals surface area contributed by atoms with E-state index in [0.717, 1.165) is 21.3 Å². The van der Waals surface area contributed by atoms with Crippen LogP contribution in [0.2, 0.25) is 0 Å². The van der Waals surface area contributed by atoms with Crippen molar-refractivity contribution in [2.24, 2.45) is 4.99 Å². The van der Waals surface area contributed by atoms with Gasteiger partial charge in [-0.15, -0.1) is 0 Å². The number of fused-ring (bicyclic) bond motifs is 1. The summed E-state index contributed by atoms with van der Waals surface area (Å²) in [5.41, 5.74) is 3.55. The highest BCUT2D eigenvalue weighted by molar-refractivity contribution is 7.16. The predicted molar refractivity (Wildman–Crippen MR) is 129 cm³/mol. The lowest BCUT2D eigenvalue weighted by atomic mass is 10.1. The van der Waals surface area contributed by atoms with Crippen LogP contribution in [-0.4, -0.2) is 16.4 Å². The third kappa shape index (κ3) is 4.70. The molecule has 0 aliphatic rings. The van der Waals surface area contributed by atoms with Crippen LogP contribution in [0.25, 0.3) is 10.2 Å². The minimum absolute atomic E-state index is 0.0934. The van der Waals surface area contributed by atoms with E-state index in [0.29, 0.717) is 23.3 Å². The van der Waals surface area contributed by atoms with Gasteiger partial charge in [0, 0.05) is 12.1 Å². The molecule has 0 radical (unpaired) electrons. The molecule has 6 heteroatoms. The van der Waals surface area contributed by atoms with Gasteiger partial charge in [-0.1, -0.05) is 78.4 Å². The smallest absolute Gasteiger partial charge is 0.279 e. The summed E-state index contributed by atoms with van der Waals surface area (Å²) in [5.74, 6) is -0.408. The highest BCUT2D eigenvalue weighted by atomic mass is 32.1. The van der Waals surface area contributed by atoms with Crippen molar-refractivity contribution in [2.45, 2.75) is 32.9 Å². The average Bonchev–Trinajstić information content (AvgIpc) is 3.17. The van der Waals surface area contributed by atoms with Gasteiger partial charge in [0.05, 0.1) is 10.2 Å². The lowest BCUT2D eigenvalue weighted by Gasteiger charge is -2.18. The third-order valence-corrected chi connectivity index (χ3v) is 6.37. The van der Waals surface area contributed by atoms with Gasteiger partial charge < -0.3 is 9.88 Å². The van der Waals surface area contributed by atoms with Crippen molar-refractivity contribution in [3.8, 4) is 0 Å². The lowest BCUT2D eigenvalue weighted by molar-refractivity contribution is -0.124. The summed E-state index contributed by atoms with van der Waals surface area (Å²) in [6, 6.07) is 24.5. The second-order valence-electron chi connectivity index (χ2n) is 7.63. The maximum Gasteiger partial charge on any atom is 0.279 e. The van der Waals surface area contributed by atoms with Gasteiger partial charge in [-0.25, -0.2) is 0 Å². The van der Waals surface area contributed by atoms with E-state index in [2.05, 4.69) is 10.3 Å². The Labute approximate surface area is 191 Å². The Balaban J connectivity index is 1.72. The number of nitrogens with zero attached hydrogens (tertiary/aromatic N) is 2. The van der Waals surface area contributed by atoms with Crippen LogP contribution in [-0.2, 0) is 11.3 Å². The minimum atomic E-state index is -0.473. The zero-order valence-corrected chi connectivity index (χ0v) is 18.9.